The Morgan fingerprint density at radius 1 is 0.881 bits per heavy atom. The molecule has 0 fully saturated rings. The van der Waals surface area contributed by atoms with Crippen molar-refractivity contribution in [2.75, 3.05) is 10.6 Å². The fourth-order valence-corrected chi connectivity index (χ4v) is 5.54. The van der Waals surface area contributed by atoms with Crippen molar-refractivity contribution < 1.29 is 14.4 Å². The first-order chi connectivity index (χ1) is 20.2. The standard InChI is InChI=1S/C33H29BrClN3O3S/c1-3-30(33(41)37-26-16-15-21(2)28(35)20-26)42-27-14-8-13-25(19-27)36-32(40)29(18-22-9-7-12-24(34)17-22)38-31(39)23-10-5-4-6-11-23/h4-20,30H,3H2,1-2H3,(H,36,40)(H,37,41)(H,38,39)/b29-18+. The Morgan fingerprint density at radius 3 is 2.33 bits per heavy atom. The predicted octanol–water partition coefficient (Wildman–Crippen LogP) is 8.33. The first-order valence-corrected chi connectivity index (χ1v) is 15.3. The lowest BCUT2D eigenvalue weighted by Gasteiger charge is -2.16. The third-order valence-electron chi connectivity index (χ3n) is 6.16. The highest BCUT2D eigenvalue weighted by atomic mass is 79.9. The fraction of sp³-hybridized carbons (Fsp3) is 0.121. The minimum absolute atomic E-state index is 0.0857. The second-order valence-corrected chi connectivity index (χ2v) is 12.0. The molecule has 3 N–H and O–H groups in total. The molecule has 0 aromatic heterocycles. The highest BCUT2D eigenvalue weighted by Gasteiger charge is 2.20. The third kappa shape index (κ3) is 8.82. The molecule has 9 heteroatoms. The molecule has 0 saturated heterocycles. The van der Waals surface area contributed by atoms with E-state index in [1.165, 1.54) is 11.8 Å². The summed E-state index contributed by atoms with van der Waals surface area (Å²) in [6.45, 7) is 3.85. The molecule has 0 spiro atoms. The second-order valence-electron chi connectivity index (χ2n) is 9.38. The second kappa shape index (κ2) is 14.9. The van der Waals surface area contributed by atoms with Gasteiger partial charge in [0.05, 0.1) is 5.25 Å². The predicted molar refractivity (Wildman–Crippen MR) is 176 cm³/mol. The van der Waals surface area contributed by atoms with Gasteiger partial charge in [-0.3, -0.25) is 14.4 Å². The highest BCUT2D eigenvalue weighted by Crippen LogP contribution is 2.29. The third-order valence-corrected chi connectivity index (χ3v) is 8.42. The molecule has 0 aliphatic carbocycles. The van der Waals surface area contributed by atoms with Gasteiger partial charge in [-0.2, -0.15) is 0 Å². The number of anilines is 2. The van der Waals surface area contributed by atoms with E-state index in [2.05, 4.69) is 31.9 Å². The summed E-state index contributed by atoms with van der Waals surface area (Å²) < 4.78 is 0.843. The molecule has 4 aromatic carbocycles. The monoisotopic (exact) mass is 661 g/mol. The smallest absolute Gasteiger partial charge is 0.272 e. The van der Waals surface area contributed by atoms with Crippen LogP contribution in [0, 0.1) is 6.92 Å². The zero-order valence-electron chi connectivity index (χ0n) is 23.0. The van der Waals surface area contributed by atoms with Crippen molar-refractivity contribution in [3.8, 4) is 0 Å². The summed E-state index contributed by atoms with van der Waals surface area (Å²) in [6, 6.07) is 28.8. The van der Waals surface area contributed by atoms with Crippen molar-refractivity contribution in [1.82, 2.24) is 5.32 Å². The van der Waals surface area contributed by atoms with Gasteiger partial charge in [0.2, 0.25) is 5.91 Å². The molecule has 4 aromatic rings. The summed E-state index contributed by atoms with van der Waals surface area (Å²) in [5, 5.41) is 8.79. The number of aryl methyl sites for hydroxylation is 1. The van der Waals surface area contributed by atoms with Crippen molar-refractivity contribution >= 4 is 74.5 Å². The maximum absolute atomic E-state index is 13.4. The first kappa shape index (κ1) is 31.1. The lowest BCUT2D eigenvalue weighted by Crippen LogP contribution is -2.30. The van der Waals surface area contributed by atoms with Crippen LogP contribution in [-0.4, -0.2) is 23.0 Å². The Hall–Kier alpha value is -3.85. The fourth-order valence-electron chi connectivity index (χ4n) is 3.93. The Labute approximate surface area is 263 Å². The average molecular weight is 663 g/mol. The zero-order valence-corrected chi connectivity index (χ0v) is 26.1. The molecule has 214 valence electrons. The SMILES string of the molecule is CCC(Sc1cccc(NC(=O)/C(=C\c2cccc(Br)c2)NC(=O)c2ccccc2)c1)C(=O)Nc1ccc(C)c(Cl)c1. The molecule has 6 nitrogen and oxygen atoms in total. The van der Waals surface area contributed by atoms with Gasteiger partial charge in [-0.25, -0.2) is 0 Å². The number of rotatable bonds is 10. The van der Waals surface area contributed by atoms with E-state index in [-0.39, 0.29) is 16.9 Å². The molecule has 0 bridgehead atoms. The van der Waals surface area contributed by atoms with Gasteiger partial charge in [0, 0.05) is 31.3 Å². The number of carbonyl (C=O) groups excluding carboxylic acids is 3. The van der Waals surface area contributed by atoms with Gasteiger partial charge in [-0.05, 0) is 85.1 Å². The largest absolute Gasteiger partial charge is 0.325 e. The minimum atomic E-state index is -0.484. The Morgan fingerprint density at radius 2 is 1.62 bits per heavy atom. The number of carbonyl (C=O) groups is 3. The molecule has 0 aliphatic heterocycles. The van der Waals surface area contributed by atoms with E-state index < -0.39 is 11.8 Å². The van der Waals surface area contributed by atoms with Gasteiger partial charge in [0.15, 0.2) is 0 Å². The quantitative estimate of drug-likeness (QED) is 0.118. The summed E-state index contributed by atoms with van der Waals surface area (Å²) >= 11 is 11.1. The number of hydrogen-bond acceptors (Lipinski definition) is 4. The summed E-state index contributed by atoms with van der Waals surface area (Å²) in [5.41, 5.74) is 3.35. The molecular weight excluding hydrogens is 634 g/mol. The van der Waals surface area contributed by atoms with Crippen LogP contribution >= 0.6 is 39.3 Å². The highest BCUT2D eigenvalue weighted by molar-refractivity contribution is 9.10. The lowest BCUT2D eigenvalue weighted by molar-refractivity contribution is -0.116. The molecule has 0 radical (unpaired) electrons. The van der Waals surface area contributed by atoms with Gasteiger partial charge in [0.1, 0.15) is 5.70 Å². The van der Waals surface area contributed by atoms with Crippen molar-refractivity contribution in [3.05, 3.63) is 129 Å². The van der Waals surface area contributed by atoms with E-state index in [0.717, 1.165) is 20.5 Å². The molecular formula is C33H29BrClN3O3S. The maximum atomic E-state index is 13.4. The number of nitrogens with one attached hydrogen (secondary N) is 3. The Balaban J connectivity index is 1.50. The van der Waals surface area contributed by atoms with Gasteiger partial charge < -0.3 is 16.0 Å². The van der Waals surface area contributed by atoms with E-state index in [1.54, 1.807) is 48.5 Å². The van der Waals surface area contributed by atoms with Crippen LogP contribution in [0.5, 0.6) is 0 Å². The van der Waals surface area contributed by atoms with Crippen molar-refractivity contribution in [3.63, 3.8) is 0 Å². The average Bonchev–Trinajstić information content (AvgIpc) is 2.98. The topological polar surface area (TPSA) is 87.3 Å². The van der Waals surface area contributed by atoms with Crippen LogP contribution in [0.25, 0.3) is 6.08 Å². The zero-order chi connectivity index (χ0) is 30.1. The molecule has 42 heavy (non-hydrogen) atoms. The maximum Gasteiger partial charge on any atom is 0.272 e. The van der Waals surface area contributed by atoms with Crippen molar-refractivity contribution in [2.45, 2.75) is 30.4 Å². The lowest BCUT2D eigenvalue weighted by atomic mass is 10.1. The van der Waals surface area contributed by atoms with E-state index in [9.17, 15) is 14.4 Å². The van der Waals surface area contributed by atoms with Gasteiger partial charge in [-0.1, -0.05) is 76.9 Å². The van der Waals surface area contributed by atoms with Crippen molar-refractivity contribution in [1.29, 1.82) is 0 Å². The number of halogens is 2. The van der Waals surface area contributed by atoms with E-state index in [4.69, 9.17) is 11.6 Å². The summed E-state index contributed by atoms with van der Waals surface area (Å²) in [4.78, 5) is 40.2. The van der Waals surface area contributed by atoms with Gasteiger partial charge in [-0.15, -0.1) is 11.8 Å². The normalized spacial score (nSPS) is 11.9. The molecule has 1 atom stereocenters. The Bertz CT molecular complexity index is 1630. The summed E-state index contributed by atoms with van der Waals surface area (Å²) in [5.74, 6) is -1.02. The van der Waals surface area contributed by atoms with Crippen LogP contribution in [-0.2, 0) is 9.59 Å². The first-order valence-electron chi connectivity index (χ1n) is 13.2. The van der Waals surface area contributed by atoms with E-state index >= 15 is 0 Å². The molecule has 3 amide bonds. The van der Waals surface area contributed by atoms with Crippen LogP contribution < -0.4 is 16.0 Å². The number of benzene rings is 4. The van der Waals surface area contributed by atoms with Crippen LogP contribution in [0.1, 0.15) is 34.8 Å². The van der Waals surface area contributed by atoms with Crippen LogP contribution in [0.15, 0.2) is 112 Å². The molecule has 0 heterocycles. The van der Waals surface area contributed by atoms with Gasteiger partial charge in [0.25, 0.3) is 11.8 Å². The van der Waals surface area contributed by atoms with Crippen molar-refractivity contribution in [2.24, 2.45) is 0 Å². The molecule has 0 aliphatic rings. The molecule has 0 saturated carbocycles. The van der Waals surface area contributed by atoms with Crippen LogP contribution in [0.3, 0.4) is 0 Å². The van der Waals surface area contributed by atoms with Crippen LogP contribution in [0.2, 0.25) is 5.02 Å². The Kier molecular flexibility index (Phi) is 11.0. The number of thioether (sulfide) groups is 1. The number of hydrogen-bond donors (Lipinski definition) is 3. The van der Waals surface area contributed by atoms with E-state index in [0.29, 0.717) is 28.4 Å². The van der Waals surface area contributed by atoms with E-state index in [1.807, 2.05) is 68.4 Å². The summed E-state index contributed by atoms with van der Waals surface area (Å²) in [7, 11) is 0. The van der Waals surface area contributed by atoms with Gasteiger partial charge >= 0.3 is 0 Å². The molecule has 4 rings (SSSR count). The number of amides is 3. The minimum Gasteiger partial charge on any atom is -0.325 e. The summed E-state index contributed by atoms with van der Waals surface area (Å²) in [6.07, 6.45) is 2.21. The van der Waals surface area contributed by atoms with Crippen LogP contribution in [0.4, 0.5) is 11.4 Å². The molecule has 1 unspecified atom stereocenters.